The van der Waals surface area contributed by atoms with E-state index in [-0.39, 0.29) is 0 Å². The lowest BCUT2D eigenvalue weighted by Gasteiger charge is -2.37. The third-order valence-electron chi connectivity index (χ3n) is 3.62. The molecule has 0 amide bonds. The van der Waals surface area contributed by atoms with Crippen LogP contribution in [0.15, 0.2) is 0 Å². The number of nitrogens with one attached hydrogen (secondary N) is 1. The minimum absolute atomic E-state index is 0.493. The molecule has 3 rings (SSSR count). The zero-order valence-electron chi connectivity index (χ0n) is 9.38. The number of aromatic nitrogens is 2. The third-order valence-corrected chi connectivity index (χ3v) is 3.62. The van der Waals surface area contributed by atoms with Crippen molar-refractivity contribution in [2.45, 2.75) is 51.6 Å². The Bertz CT molecular complexity index is 400. The SMILES string of the molecule is Cc1nc(C)c2c(n1)C1CCCC(C2)N1. The van der Waals surface area contributed by atoms with Crippen LogP contribution in [0.2, 0.25) is 0 Å². The fourth-order valence-electron chi connectivity index (χ4n) is 2.95. The Morgan fingerprint density at radius 2 is 2.07 bits per heavy atom. The van der Waals surface area contributed by atoms with E-state index in [4.69, 9.17) is 0 Å². The molecule has 0 aliphatic carbocycles. The maximum absolute atomic E-state index is 4.62. The van der Waals surface area contributed by atoms with Crippen molar-refractivity contribution in [1.29, 1.82) is 0 Å². The minimum Gasteiger partial charge on any atom is -0.305 e. The van der Waals surface area contributed by atoms with E-state index in [2.05, 4.69) is 22.2 Å². The van der Waals surface area contributed by atoms with Crippen molar-refractivity contribution < 1.29 is 0 Å². The van der Waals surface area contributed by atoms with Crippen molar-refractivity contribution in [3.63, 3.8) is 0 Å². The Hall–Kier alpha value is -0.960. The first-order valence-electron chi connectivity index (χ1n) is 5.84. The Balaban J connectivity index is 2.12. The molecule has 2 bridgehead atoms. The van der Waals surface area contributed by atoms with E-state index >= 15 is 0 Å². The summed E-state index contributed by atoms with van der Waals surface area (Å²) < 4.78 is 0. The molecule has 0 aromatic carbocycles. The smallest absolute Gasteiger partial charge is 0.125 e. The van der Waals surface area contributed by atoms with Gasteiger partial charge in [0.15, 0.2) is 0 Å². The molecule has 1 fully saturated rings. The lowest BCUT2D eigenvalue weighted by atomic mass is 9.84. The van der Waals surface area contributed by atoms with Crippen molar-refractivity contribution in [3.8, 4) is 0 Å². The summed E-state index contributed by atoms with van der Waals surface area (Å²) in [5.41, 5.74) is 3.88. The molecule has 2 aliphatic rings. The Morgan fingerprint density at radius 3 is 2.93 bits per heavy atom. The standard InChI is InChI=1S/C12H17N3/c1-7-10-6-9-4-3-5-11(15-9)12(10)14-8(2)13-7/h9,11,15H,3-6H2,1-2H3. The van der Waals surface area contributed by atoms with Gasteiger partial charge in [-0.05, 0) is 45.1 Å². The number of rotatable bonds is 0. The number of piperidine rings is 1. The highest BCUT2D eigenvalue weighted by atomic mass is 15.0. The van der Waals surface area contributed by atoms with Crippen molar-refractivity contribution >= 4 is 0 Å². The third kappa shape index (κ3) is 1.46. The summed E-state index contributed by atoms with van der Waals surface area (Å²) in [6.45, 7) is 4.11. The maximum atomic E-state index is 4.62. The largest absolute Gasteiger partial charge is 0.305 e. The van der Waals surface area contributed by atoms with Crippen LogP contribution < -0.4 is 5.32 Å². The first-order chi connectivity index (χ1) is 7.24. The molecule has 1 aromatic rings. The molecule has 3 heteroatoms. The highest BCUT2D eigenvalue weighted by molar-refractivity contribution is 5.32. The molecular formula is C12H17N3. The molecule has 0 radical (unpaired) electrons. The molecule has 3 nitrogen and oxygen atoms in total. The molecule has 1 aromatic heterocycles. The molecule has 0 spiro atoms. The maximum Gasteiger partial charge on any atom is 0.125 e. The van der Waals surface area contributed by atoms with Crippen LogP contribution >= 0.6 is 0 Å². The van der Waals surface area contributed by atoms with Gasteiger partial charge in [0.1, 0.15) is 5.82 Å². The van der Waals surface area contributed by atoms with Crippen LogP contribution in [0, 0.1) is 13.8 Å². The quantitative estimate of drug-likeness (QED) is 0.699. The molecule has 3 heterocycles. The summed E-state index contributed by atoms with van der Waals surface area (Å²) >= 11 is 0. The van der Waals surface area contributed by atoms with Crippen LogP contribution in [0.4, 0.5) is 0 Å². The van der Waals surface area contributed by atoms with Gasteiger partial charge in [-0.15, -0.1) is 0 Å². The molecular weight excluding hydrogens is 186 g/mol. The summed E-state index contributed by atoms with van der Waals surface area (Å²) in [6, 6.07) is 1.16. The molecule has 1 saturated heterocycles. The molecule has 0 saturated carbocycles. The zero-order chi connectivity index (χ0) is 10.4. The van der Waals surface area contributed by atoms with Crippen molar-refractivity contribution in [1.82, 2.24) is 15.3 Å². The van der Waals surface area contributed by atoms with E-state index in [1.54, 1.807) is 0 Å². The van der Waals surface area contributed by atoms with Crippen LogP contribution in [0.3, 0.4) is 0 Å². The Morgan fingerprint density at radius 1 is 1.20 bits per heavy atom. The fraction of sp³-hybridized carbons (Fsp3) is 0.667. The van der Waals surface area contributed by atoms with E-state index < -0.39 is 0 Å². The second-order valence-electron chi connectivity index (χ2n) is 4.77. The molecule has 1 N–H and O–H groups in total. The van der Waals surface area contributed by atoms with Crippen LogP contribution in [0.25, 0.3) is 0 Å². The summed E-state index contributed by atoms with van der Waals surface area (Å²) in [7, 11) is 0. The average molecular weight is 203 g/mol. The van der Waals surface area contributed by atoms with Gasteiger partial charge in [-0.3, -0.25) is 0 Å². The lowest BCUT2D eigenvalue weighted by molar-refractivity contribution is 0.294. The highest BCUT2D eigenvalue weighted by Gasteiger charge is 2.31. The summed E-state index contributed by atoms with van der Waals surface area (Å²) in [5, 5.41) is 3.67. The molecule has 2 unspecified atom stereocenters. The second kappa shape index (κ2) is 3.27. The first kappa shape index (κ1) is 9.28. The highest BCUT2D eigenvalue weighted by Crippen LogP contribution is 2.33. The first-order valence-corrected chi connectivity index (χ1v) is 5.84. The van der Waals surface area contributed by atoms with Crippen LogP contribution in [0.5, 0.6) is 0 Å². The second-order valence-corrected chi connectivity index (χ2v) is 4.77. The Kier molecular flexibility index (Phi) is 2.02. The summed E-state index contributed by atoms with van der Waals surface area (Å²) in [4.78, 5) is 9.10. The van der Waals surface area contributed by atoms with E-state index in [9.17, 15) is 0 Å². The van der Waals surface area contributed by atoms with E-state index in [0.29, 0.717) is 12.1 Å². The number of aryl methyl sites for hydroxylation is 2. The van der Waals surface area contributed by atoms with Crippen molar-refractivity contribution in [2.24, 2.45) is 0 Å². The van der Waals surface area contributed by atoms with Gasteiger partial charge < -0.3 is 5.32 Å². The molecule has 80 valence electrons. The van der Waals surface area contributed by atoms with Gasteiger partial charge in [-0.25, -0.2) is 9.97 Å². The van der Waals surface area contributed by atoms with Gasteiger partial charge in [0.05, 0.1) is 11.7 Å². The predicted octanol–water partition coefficient (Wildman–Crippen LogP) is 1.83. The van der Waals surface area contributed by atoms with E-state index in [0.717, 1.165) is 12.2 Å². The number of fused-ring (bicyclic) bond motifs is 4. The van der Waals surface area contributed by atoms with Gasteiger partial charge in [0.25, 0.3) is 0 Å². The summed E-state index contributed by atoms with van der Waals surface area (Å²) in [6.07, 6.45) is 5.00. The average Bonchev–Trinajstić information content (AvgIpc) is 2.21. The molecule has 15 heavy (non-hydrogen) atoms. The van der Waals surface area contributed by atoms with Crippen LogP contribution in [-0.4, -0.2) is 16.0 Å². The van der Waals surface area contributed by atoms with E-state index in [1.807, 2.05) is 6.92 Å². The summed E-state index contributed by atoms with van der Waals surface area (Å²) in [5.74, 6) is 0.914. The Labute approximate surface area is 90.3 Å². The van der Waals surface area contributed by atoms with Gasteiger partial charge >= 0.3 is 0 Å². The van der Waals surface area contributed by atoms with Crippen LogP contribution in [0.1, 0.15) is 48.1 Å². The predicted molar refractivity (Wildman–Crippen MR) is 58.7 cm³/mol. The lowest BCUT2D eigenvalue weighted by Crippen LogP contribution is -2.43. The van der Waals surface area contributed by atoms with Crippen molar-refractivity contribution in [2.75, 3.05) is 0 Å². The van der Waals surface area contributed by atoms with Gasteiger partial charge in [-0.1, -0.05) is 0 Å². The van der Waals surface area contributed by atoms with Gasteiger partial charge in [0.2, 0.25) is 0 Å². The monoisotopic (exact) mass is 203 g/mol. The van der Waals surface area contributed by atoms with E-state index in [1.165, 1.54) is 36.2 Å². The fourth-order valence-corrected chi connectivity index (χ4v) is 2.95. The number of hydrogen-bond acceptors (Lipinski definition) is 3. The topological polar surface area (TPSA) is 37.8 Å². The zero-order valence-corrected chi connectivity index (χ0v) is 9.38. The minimum atomic E-state index is 0.493. The normalized spacial score (nSPS) is 28.7. The van der Waals surface area contributed by atoms with Crippen LogP contribution in [-0.2, 0) is 6.42 Å². The van der Waals surface area contributed by atoms with Crippen molar-refractivity contribution in [3.05, 3.63) is 22.8 Å². The van der Waals surface area contributed by atoms with Gasteiger partial charge in [0, 0.05) is 11.7 Å². The van der Waals surface area contributed by atoms with Gasteiger partial charge in [-0.2, -0.15) is 0 Å². The number of hydrogen-bond donors (Lipinski definition) is 1. The number of nitrogens with zero attached hydrogens (tertiary/aromatic N) is 2. The molecule has 2 atom stereocenters. The molecule has 2 aliphatic heterocycles.